The number of anilines is 1. The molecule has 2 aromatic heterocycles. The van der Waals surface area contributed by atoms with Crippen LogP contribution in [0.25, 0.3) is 32.9 Å². The molecule has 7 nitrogen and oxygen atoms in total. The molecule has 4 atom stereocenters. The SMILES string of the molecule is C#Cc1c(F)ccc2cc(O)cc(-c3ncc4c(N5C[C@H]6CC[C@@H](C5)N6)nc(C#C[C@@]56CCCN5C[C@H](F)C6)nc4c3F)c12. The molecular formula is C34H29F3N6O. The highest BCUT2D eigenvalue weighted by molar-refractivity contribution is 6.03. The number of benzene rings is 2. The van der Waals surface area contributed by atoms with Gasteiger partial charge in [-0.05, 0) is 61.7 Å². The Morgan fingerprint density at radius 1 is 1.09 bits per heavy atom. The number of hydrogen-bond donors (Lipinski definition) is 2. The summed E-state index contributed by atoms with van der Waals surface area (Å²) in [6.45, 7) is 2.55. The number of nitrogens with one attached hydrogen (secondary N) is 1. The van der Waals surface area contributed by atoms with Crippen LogP contribution in [0.15, 0.2) is 30.5 Å². The molecular weight excluding hydrogens is 565 g/mol. The fourth-order valence-corrected chi connectivity index (χ4v) is 7.72. The molecule has 0 spiro atoms. The summed E-state index contributed by atoms with van der Waals surface area (Å²) in [5, 5.41) is 15.3. The van der Waals surface area contributed by atoms with E-state index in [-0.39, 0.29) is 39.3 Å². The minimum Gasteiger partial charge on any atom is -0.508 e. The fourth-order valence-electron chi connectivity index (χ4n) is 7.72. The van der Waals surface area contributed by atoms with Crippen molar-refractivity contribution in [1.29, 1.82) is 0 Å². The second-order valence-electron chi connectivity index (χ2n) is 12.4. The molecule has 222 valence electrons. The number of piperazine rings is 1. The third-order valence-electron chi connectivity index (χ3n) is 9.64. The van der Waals surface area contributed by atoms with E-state index in [0.29, 0.717) is 54.7 Å². The van der Waals surface area contributed by atoms with Crippen LogP contribution in [-0.2, 0) is 0 Å². The second-order valence-corrected chi connectivity index (χ2v) is 12.4. The van der Waals surface area contributed by atoms with Gasteiger partial charge in [0.1, 0.15) is 34.8 Å². The van der Waals surface area contributed by atoms with Crippen molar-refractivity contribution in [3.8, 4) is 41.2 Å². The summed E-state index contributed by atoms with van der Waals surface area (Å²) in [4.78, 5) is 18.1. The molecule has 4 fully saturated rings. The number of nitrogens with zero attached hydrogens (tertiary/aromatic N) is 5. The summed E-state index contributed by atoms with van der Waals surface area (Å²) >= 11 is 0. The highest BCUT2D eigenvalue weighted by atomic mass is 19.1. The average Bonchev–Trinajstić information content (AvgIpc) is 3.66. The van der Waals surface area contributed by atoms with E-state index in [9.17, 15) is 13.9 Å². The summed E-state index contributed by atoms with van der Waals surface area (Å²) in [5.74, 6) is 7.93. The Labute approximate surface area is 252 Å². The van der Waals surface area contributed by atoms with Crippen LogP contribution in [0, 0.1) is 35.8 Å². The number of aromatic nitrogens is 3. The number of halogens is 3. The minimum atomic E-state index is -0.935. The van der Waals surface area contributed by atoms with Crippen molar-refractivity contribution in [2.75, 3.05) is 31.1 Å². The van der Waals surface area contributed by atoms with Crippen LogP contribution in [0.1, 0.15) is 43.5 Å². The summed E-state index contributed by atoms with van der Waals surface area (Å²) in [6, 6.07) is 6.08. The van der Waals surface area contributed by atoms with Gasteiger partial charge < -0.3 is 15.3 Å². The van der Waals surface area contributed by atoms with Crippen molar-refractivity contribution in [2.45, 2.75) is 55.9 Å². The molecule has 44 heavy (non-hydrogen) atoms. The van der Waals surface area contributed by atoms with Gasteiger partial charge in [-0.25, -0.2) is 23.1 Å². The van der Waals surface area contributed by atoms with E-state index >= 15 is 4.39 Å². The Morgan fingerprint density at radius 3 is 2.70 bits per heavy atom. The van der Waals surface area contributed by atoms with Crippen molar-refractivity contribution in [3.63, 3.8) is 0 Å². The lowest BCUT2D eigenvalue weighted by Crippen LogP contribution is -2.51. The third kappa shape index (κ3) is 4.28. The van der Waals surface area contributed by atoms with Gasteiger partial charge in [0, 0.05) is 55.3 Å². The maximum absolute atomic E-state index is 16.7. The number of aromatic hydroxyl groups is 1. The molecule has 0 amide bonds. The van der Waals surface area contributed by atoms with Crippen molar-refractivity contribution in [2.24, 2.45) is 0 Å². The average molecular weight is 595 g/mol. The molecule has 0 saturated carbocycles. The Kier molecular flexibility index (Phi) is 6.23. The van der Waals surface area contributed by atoms with E-state index in [1.54, 1.807) is 0 Å². The zero-order valence-corrected chi connectivity index (χ0v) is 23.9. The van der Waals surface area contributed by atoms with E-state index in [0.717, 1.165) is 32.2 Å². The van der Waals surface area contributed by atoms with Crippen LogP contribution in [0.2, 0.25) is 0 Å². The maximum atomic E-state index is 16.7. The lowest BCUT2D eigenvalue weighted by molar-refractivity contribution is 0.255. The van der Waals surface area contributed by atoms with Gasteiger partial charge in [-0.3, -0.25) is 9.88 Å². The molecule has 10 heteroatoms. The van der Waals surface area contributed by atoms with Crippen LogP contribution < -0.4 is 10.2 Å². The van der Waals surface area contributed by atoms with Gasteiger partial charge in [-0.1, -0.05) is 17.9 Å². The molecule has 0 aliphatic carbocycles. The quantitative estimate of drug-likeness (QED) is 0.327. The first-order valence-corrected chi connectivity index (χ1v) is 15.0. The molecule has 4 saturated heterocycles. The van der Waals surface area contributed by atoms with E-state index in [1.807, 2.05) is 0 Å². The highest BCUT2D eigenvalue weighted by Crippen LogP contribution is 2.41. The Bertz CT molecular complexity index is 1950. The minimum absolute atomic E-state index is 0.0147. The molecule has 0 radical (unpaired) electrons. The Morgan fingerprint density at radius 2 is 1.91 bits per heavy atom. The zero-order chi connectivity index (χ0) is 30.2. The van der Waals surface area contributed by atoms with Crippen LogP contribution in [0.4, 0.5) is 19.0 Å². The first-order chi connectivity index (χ1) is 21.3. The number of hydrogen-bond acceptors (Lipinski definition) is 7. The number of pyridine rings is 1. The Balaban J connectivity index is 1.33. The zero-order valence-electron chi connectivity index (χ0n) is 23.9. The monoisotopic (exact) mass is 594 g/mol. The largest absolute Gasteiger partial charge is 0.508 e. The van der Waals surface area contributed by atoms with Gasteiger partial charge in [-0.15, -0.1) is 6.42 Å². The summed E-state index contributed by atoms with van der Waals surface area (Å²) in [7, 11) is 0. The van der Waals surface area contributed by atoms with E-state index in [1.165, 1.54) is 30.5 Å². The molecule has 4 aromatic rings. The predicted molar refractivity (Wildman–Crippen MR) is 162 cm³/mol. The van der Waals surface area contributed by atoms with E-state index in [4.69, 9.17) is 11.4 Å². The normalized spacial score (nSPS) is 26.1. The van der Waals surface area contributed by atoms with Crippen LogP contribution >= 0.6 is 0 Å². The molecule has 2 bridgehead atoms. The second kappa shape index (κ2) is 10.1. The lowest BCUT2D eigenvalue weighted by Gasteiger charge is -2.34. The van der Waals surface area contributed by atoms with Crippen molar-refractivity contribution >= 4 is 27.5 Å². The molecule has 4 aliphatic heterocycles. The Hall–Kier alpha value is -4.38. The number of terminal acetylenes is 1. The number of phenols is 1. The van der Waals surface area contributed by atoms with Crippen LogP contribution in [0.5, 0.6) is 5.75 Å². The summed E-state index contributed by atoms with van der Waals surface area (Å²) in [5.41, 5.74) is -0.570. The standard InChI is InChI=1S/C34H29F3N6O/c1-2-24-27(36)7-4-19-12-23(44)13-25(29(19)24)31-30(37)32-26(15-38-31)33(42-17-21-5-6-22(18-42)39-21)41-28(40-32)8-10-34-9-3-11-43(34)16-20(35)14-34/h1,4,7,12-13,15,20-22,39,44H,3,5-6,9,11,14,16-18H2/t20-,21-,22+,34-/m1/s1. The van der Waals surface area contributed by atoms with Gasteiger partial charge in [0.15, 0.2) is 5.82 Å². The molecule has 2 aromatic carbocycles. The molecule has 4 aliphatic rings. The van der Waals surface area contributed by atoms with Crippen molar-refractivity contribution in [1.82, 2.24) is 25.2 Å². The number of alkyl halides is 1. The number of rotatable bonds is 2. The highest BCUT2D eigenvalue weighted by Gasteiger charge is 2.47. The predicted octanol–water partition coefficient (Wildman–Crippen LogP) is 4.68. The van der Waals surface area contributed by atoms with Gasteiger partial charge >= 0.3 is 0 Å². The molecule has 2 N–H and O–H groups in total. The van der Waals surface area contributed by atoms with E-state index in [2.05, 4.69) is 42.8 Å². The number of fused-ring (bicyclic) bond motifs is 5. The summed E-state index contributed by atoms with van der Waals surface area (Å²) in [6.07, 6.45) is 10.4. The van der Waals surface area contributed by atoms with Crippen molar-refractivity contribution in [3.05, 3.63) is 53.5 Å². The molecule has 6 heterocycles. The van der Waals surface area contributed by atoms with Gasteiger partial charge in [0.25, 0.3) is 0 Å². The number of phenolic OH excluding ortho intramolecular Hbond substituents is 1. The van der Waals surface area contributed by atoms with Gasteiger partial charge in [0.2, 0.25) is 5.82 Å². The fraction of sp³-hybridized carbons (Fsp3) is 0.382. The van der Waals surface area contributed by atoms with Crippen molar-refractivity contribution < 1.29 is 18.3 Å². The topological polar surface area (TPSA) is 77.4 Å². The lowest BCUT2D eigenvalue weighted by atomic mass is 9.94. The molecule has 0 unspecified atom stereocenters. The van der Waals surface area contributed by atoms with Crippen LogP contribution in [0.3, 0.4) is 0 Å². The van der Waals surface area contributed by atoms with E-state index < -0.39 is 23.3 Å². The van der Waals surface area contributed by atoms with Crippen LogP contribution in [-0.4, -0.2) is 74.9 Å². The maximum Gasteiger partial charge on any atom is 0.207 e. The molecule has 8 rings (SSSR count). The smallest absolute Gasteiger partial charge is 0.207 e. The van der Waals surface area contributed by atoms with Gasteiger partial charge in [-0.2, -0.15) is 0 Å². The third-order valence-corrected chi connectivity index (χ3v) is 9.64. The summed E-state index contributed by atoms with van der Waals surface area (Å²) < 4.78 is 45.9. The first-order valence-electron chi connectivity index (χ1n) is 15.0. The van der Waals surface area contributed by atoms with Gasteiger partial charge in [0.05, 0.1) is 16.5 Å². The first kappa shape index (κ1) is 27.2.